The number of benzene rings is 3. The van der Waals surface area contributed by atoms with Gasteiger partial charge in [-0.3, -0.25) is 0 Å². The van der Waals surface area contributed by atoms with E-state index in [0.717, 1.165) is 10.0 Å². The molecule has 3 aromatic carbocycles. The van der Waals surface area contributed by atoms with Crippen LogP contribution in [0.25, 0.3) is 6.08 Å². The van der Waals surface area contributed by atoms with Crippen LogP contribution in [0.3, 0.4) is 0 Å². The molecule has 0 saturated carbocycles. The van der Waals surface area contributed by atoms with Crippen molar-refractivity contribution in [3.05, 3.63) is 102 Å². The zero-order valence-corrected chi connectivity index (χ0v) is 21.3. The number of hydrogen-bond donors (Lipinski definition) is 0. The van der Waals surface area contributed by atoms with Gasteiger partial charge >= 0.3 is 11.9 Å². The zero-order valence-electron chi connectivity index (χ0n) is 16.6. The molecule has 1 aliphatic heterocycles. The van der Waals surface area contributed by atoms with Crippen molar-refractivity contribution >= 4 is 71.7 Å². The van der Waals surface area contributed by atoms with Gasteiger partial charge in [-0.05, 0) is 103 Å². The molecular weight excluding hydrogens is 606 g/mol. The van der Waals surface area contributed by atoms with E-state index in [1.807, 2.05) is 43.3 Å². The number of cyclic esters (lactones) is 1. The summed E-state index contributed by atoms with van der Waals surface area (Å²) in [4.78, 5) is 29.1. The first-order chi connectivity index (χ1) is 15.3. The molecule has 0 atom stereocenters. The Morgan fingerprint density at radius 2 is 1.62 bits per heavy atom. The number of aliphatic imine (C=N–C) groups is 1. The molecule has 0 fully saturated rings. The Bertz CT molecular complexity index is 1270. The third-order valence-electron chi connectivity index (χ3n) is 4.53. The van der Waals surface area contributed by atoms with Crippen LogP contribution >= 0.6 is 47.8 Å². The largest absolute Gasteiger partial charge is 0.421 e. The third-order valence-corrected chi connectivity index (χ3v) is 6.40. The van der Waals surface area contributed by atoms with Gasteiger partial charge in [0, 0.05) is 4.47 Å². The van der Waals surface area contributed by atoms with Gasteiger partial charge in [0.1, 0.15) is 0 Å². The normalized spacial score (nSPS) is 14.3. The van der Waals surface area contributed by atoms with Crippen molar-refractivity contribution in [3.8, 4) is 5.75 Å². The maximum atomic E-state index is 12.5. The lowest BCUT2D eigenvalue weighted by atomic mass is 10.1. The molecule has 3 aromatic rings. The highest BCUT2D eigenvalue weighted by Gasteiger charge is 2.25. The lowest BCUT2D eigenvalue weighted by molar-refractivity contribution is -0.129. The number of carbonyl (C=O) groups is 2. The molecule has 4 rings (SSSR count). The summed E-state index contributed by atoms with van der Waals surface area (Å²) < 4.78 is 12.7. The summed E-state index contributed by atoms with van der Waals surface area (Å²) in [6, 6.07) is 17.9. The monoisotopic (exact) mass is 617 g/mol. The summed E-state index contributed by atoms with van der Waals surface area (Å²) in [6.07, 6.45) is 1.60. The molecule has 32 heavy (non-hydrogen) atoms. The predicted molar refractivity (Wildman–Crippen MR) is 133 cm³/mol. The van der Waals surface area contributed by atoms with Gasteiger partial charge in [-0.15, -0.1) is 0 Å². The second-order valence-electron chi connectivity index (χ2n) is 6.89. The summed E-state index contributed by atoms with van der Waals surface area (Å²) in [5.41, 5.74) is 3.02. The van der Waals surface area contributed by atoms with E-state index in [4.69, 9.17) is 9.47 Å². The average molecular weight is 620 g/mol. The number of nitrogens with zero attached hydrogens (tertiary/aromatic N) is 1. The quantitative estimate of drug-likeness (QED) is 0.182. The van der Waals surface area contributed by atoms with Crippen LogP contribution in [0, 0.1) is 6.92 Å². The van der Waals surface area contributed by atoms with E-state index in [1.54, 1.807) is 30.3 Å². The first-order valence-corrected chi connectivity index (χ1v) is 11.7. The molecule has 0 aromatic heterocycles. The Kier molecular flexibility index (Phi) is 6.74. The maximum absolute atomic E-state index is 12.5. The predicted octanol–water partition coefficient (Wildman–Crippen LogP) is 6.85. The summed E-state index contributed by atoms with van der Waals surface area (Å²) in [6.45, 7) is 1.95. The Labute approximate surface area is 209 Å². The van der Waals surface area contributed by atoms with E-state index in [9.17, 15) is 9.59 Å². The van der Waals surface area contributed by atoms with E-state index >= 15 is 0 Å². The Balaban J connectivity index is 1.60. The minimum absolute atomic E-state index is 0.166. The molecule has 1 heterocycles. The molecule has 0 bridgehead atoms. The van der Waals surface area contributed by atoms with Crippen LogP contribution in [0.2, 0.25) is 0 Å². The van der Waals surface area contributed by atoms with Crippen LogP contribution in [0.15, 0.2) is 84.8 Å². The summed E-state index contributed by atoms with van der Waals surface area (Å²) >= 11 is 10.3. The van der Waals surface area contributed by atoms with E-state index in [2.05, 4.69) is 52.8 Å². The van der Waals surface area contributed by atoms with Crippen molar-refractivity contribution in [2.45, 2.75) is 6.92 Å². The van der Waals surface area contributed by atoms with Crippen LogP contribution in [0.4, 0.5) is 0 Å². The van der Waals surface area contributed by atoms with Crippen LogP contribution in [-0.2, 0) is 9.53 Å². The van der Waals surface area contributed by atoms with Gasteiger partial charge in [0.15, 0.2) is 11.4 Å². The summed E-state index contributed by atoms with van der Waals surface area (Å²) in [5.74, 6) is -0.447. The maximum Gasteiger partial charge on any atom is 0.363 e. The minimum atomic E-state index is -0.544. The first kappa shape index (κ1) is 22.6. The van der Waals surface area contributed by atoms with Crippen molar-refractivity contribution < 1.29 is 19.1 Å². The molecule has 0 radical (unpaired) electrons. The highest BCUT2D eigenvalue weighted by atomic mass is 79.9. The third kappa shape index (κ3) is 4.92. The molecule has 0 N–H and O–H groups in total. The fourth-order valence-corrected chi connectivity index (χ4v) is 4.76. The molecule has 0 aliphatic carbocycles. The molecule has 5 nitrogen and oxygen atoms in total. The standard InChI is InChI=1S/C24H14Br3NO4/c1-13-6-8-15(9-7-13)23(29)31-21-18(26)10-14(11-19(21)27)12-20-24(30)32-22(28-20)16-4-2-3-5-17(16)25/h2-12H,1H3/b20-12-. The van der Waals surface area contributed by atoms with Crippen LogP contribution in [0.5, 0.6) is 5.75 Å². The van der Waals surface area contributed by atoms with E-state index in [1.165, 1.54) is 0 Å². The van der Waals surface area contributed by atoms with Gasteiger partial charge < -0.3 is 9.47 Å². The molecular formula is C24H14Br3NO4. The van der Waals surface area contributed by atoms with Crippen LogP contribution in [0.1, 0.15) is 27.0 Å². The van der Waals surface area contributed by atoms with Gasteiger partial charge in [0.05, 0.1) is 20.1 Å². The smallest absolute Gasteiger partial charge is 0.363 e. The number of aryl methyl sites for hydroxylation is 1. The zero-order chi connectivity index (χ0) is 22.8. The van der Waals surface area contributed by atoms with E-state index < -0.39 is 11.9 Å². The number of halogens is 3. The van der Waals surface area contributed by atoms with Gasteiger partial charge in [-0.2, -0.15) is 0 Å². The van der Waals surface area contributed by atoms with Crippen LogP contribution < -0.4 is 4.74 Å². The molecule has 0 amide bonds. The highest BCUT2D eigenvalue weighted by Crippen LogP contribution is 2.36. The fraction of sp³-hybridized carbons (Fsp3) is 0.0417. The van der Waals surface area contributed by atoms with E-state index in [-0.39, 0.29) is 11.6 Å². The number of hydrogen-bond acceptors (Lipinski definition) is 5. The fourth-order valence-electron chi connectivity index (χ4n) is 2.92. The van der Waals surface area contributed by atoms with Gasteiger partial charge in [0.2, 0.25) is 5.90 Å². The Morgan fingerprint density at radius 3 is 2.28 bits per heavy atom. The van der Waals surface area contributed by atoms with Crippen molar-refractivity contribution in [2.75, 3.05) is 0 Å². The number of ether oxygens (including phenoxy) is 2. The van der Waals surface area contributed by atoms with Gasteiger partial charge in [-0.25, -0.2) is 14.6 Å². The molecule has 0 unspecified atom stereocenters. The first-order valence-electron chi connectivity index (χ1n) is 9.37. The van der Waals surface area contributed by atoms with Crippen molar-refractivity contribution in [1.82, 2.24) is 0 Å². The molecule has 160 valence electrons. The summed E-state index contributed by atoms with van der Waals surface area (Å²) in [5, 5.41) is 0. The van der Waals surface area contributed by atoms with Gasteiger partial charge in [0.25, 0.3) is 0 Å². The number of rotatable bonds is 4. The molecule has 1 aliphatic rings. The highest BCUT2D eigenvalue weighted by molar-refractivity contribution is 9.11. The molecule has 8 heteroatoms. The van der Waals surface area contributed by atoms with Crippen molar-refractivity contribution in [3.63, 3.8) is 0 Å². The van der Waals surface area contributed by atoms with Gasteiger partial charge in [-0.1, -0.05) is 29.8 Å². The topological polar surface area (TPSA) is 65.0 Å². The second-order valence-corrected chi connectivity index (χ2v) is 9.45. The molecule has 0 saturated heterocycles. The Hall–Kier alpha value is -2.55. The minimum Gasteiger partial charge on any atom is -0.421 e. The number of carbonyl (C=O) groups excluding carboxylic acids is 2. The lowest BCUT2D eigenvalue weighted by Crippen LogP contribution is -2.09. The SMILES string of the molecule is Cc1ccc(C(=O)Oc2c(Br)cc(/C=C3\N=C(c4ccccc4Br)OC3=O)cc2Br)cc1. The molecule has 0 spiro atoms. The van der Waals surface area contributed by atoms with Crippen molar-refractivity contribution in [1.29, 1.82) is 0 Å². The Morgan fingerprint density at radius 1 is 0.969 bits per heavy atom. The van der Waals surface area contributed by atoms with E-state index in [0.29, 0.717) is 31.4 Å². The van der Waals surface area contributed by atoms with Crippen molar-refractivity contribution in [2.24, 2.45) is 4.99 Å². The average Bonchev–Trinajstić information content (AvgIpc) is 3.11. The lowest BCUT2D eigenvalue weighted by Gasteiger charge is -2.10. The second kappa shape index (κ2) is 9.52. The number of esters is 2. The summed E-state index contributed by atoms with van der Waals surface area (Å²) in [7, 11) is 0. The van der Waals surface area contributed by atoms with Crippen LogP contribution in [-0.4, -0.2) is 17.8 Å².